The fourth-order valence-corrected chi connectivity index (χ4v) is 1.97. The summed E-state index contributed by atoms with van der Waals surface area (Å²) in [5, 5.41) is 0. The molecule has 70 valence electrons. The van der Waals surface area contributed by atoms with Crippen molar-refractivity contribution < 1.29 is 53.0 Å². The van der Waals surface area contributed by atoms with Crippen LogP contribution in [0.4, 0.5) is 0 Å². The minimum atomic E-state index is 0. The van der Waals surface area contributed by atoms with Crippen LogP contribution in [0, 0.1) is 13.8 Å². The summed E-state index contributed by atoms with van der Waals surface area (Å²) in [4.78, 5) is 0. The van der Waals surface area contributed by atoms with Gasteiger partial charge < -0.3 is 29.4 Å². The van der Waals surface area contributed by atoms with E-state index in [4.69, 9.17) is 4.74 Å². The molecular weight excluding hydrogens is 271 g/mol. The monoisotopic (exact) mass is 280 g/mol. The third-order valence-electron chi connectivity index (χ3n) is 1.72. The predicted octanol–water partition coefficient (Wildman–Crippen LogP) is -7.88. The molecular formula is C9H11BrClLiMgO. The molecule has 14 heavy (non-hydrogen) atoms. The largest absolute Gasteiger partial charge is 1.00 e. The molecule has 1 rings (SSSR count). The van der Waals surface area contributed by atoms with Crippen molar-refractivity contribution in [2.45, 2.75) is 13.8 Å². The van der Waals surface area contributed by atoms with Crippen LogP contribution >= 0.6 is 0 Å². The van der Waals surface area contributed by atoms with Crippen LogP contribution < -0.4 is 56.7 Å². The molecule has 0 N–H and O–H groups in total. The number of ether oxygens (including phenoxy) is 1. The Morgan fingerprint density at radius 1 is 1.14 bits per heavy atom. The molecule has 0 heterocycles. The minimum absolute atomic E-state index is 0. The number of rotatable bonds is 1. The van der Waals surface area contributed by atoms with Gasteiger partial charge >= 0.3 is 99.0 Å². The zero-order chi connectivity index (χ0) is 8.43. The minimum Gasteiger partial charge on any atom is -1.00 e. The first kappa shape index (κ1) is 20.6. The van der Waals surface area contributed by atoms with Gasteiger partial charge in [0.05, 0.1) is 0 Å². The second-order valence-corrected chi connectivity index (χ2v) is 3.58. The Balaban J connectivity index is -0.000000403. The van der Waals surface area contributed by atoms with Crippen molar-refractivity contribution in [3.63, 3.8) is 0 Å². The SMILES string of the molecule is COc1c(C)c[c]([Mg+])cc1C.[Br-].[Cl-].[Li+]. The van der Waals surface area contributed by atoms with Crippen LogP contribution in [0.3, 0.4) is 0 Å². The molecule has 1 nitrogen and oxygen atoms in total. The molecule has 0 aromatic heterocycles. The molecule has 0 aliphatic rings. The van der Waals surface area contributed by atoms with E-state index in [1.54, 1.807) is 7.11 Å². The molecule has 0 aliphatic carbocycles. The summed E-state index contributed by atoms with van der Waals surface area (Å²) in [6.45, 7) is 4.15. The first-order chi connectivity index (χ1) is 5.15. The van der Waals surface area contributed by atoms with Crippen molar-refractivity contribution >= 4 is 25.4 Å². The maximum atomic E-state index is 5.23. The molecule has 0 atom stereocenters. The van der Waals surface area contributed by atoms with E-state index in [-0.39, 0.29) is 48.2 Å². The normalized spacial score (nSPS) is 7.79. The summed E-state index contributed by atoms with van der Waals surface area (Å²) in [5.74, 6) is 1.01. The topological polar surface area (TPSA) is 9.23 Å². The van der Waals surface area contributed by atoms with Gasteiger partial charge in [0.25, 0.3) is 0 Å². The Morgan fingerprint density at radius 2 is 1.50 bits per heavy atom. The second-order valence-electron chi connectivity index (χ2n) is 2.76. The summed E-state index contributed by atoms with van der Waals surface area (Å²) in [6.07, 6.45) is 0. The van der Waals surface area contributed by atoms with Gasteiger partial charge in [0.1, 0.15) is 0 Å². The third-order valence-corrected chi connectivity index (χ3v) is 2.13. The average molecular weight is 282 g/mol. The number of benzene rings is 1. The van der Waals surface area contributed by atoms with Crippen LogP contribution in [0.25, 0.3) is 0 Å². The third kappa shape index (κ3) is 5.30. The zero-order valence-electron chi connectivity index (χ0n) is 9.03. The van der Waals surface area contributed by atoms with Crippen LogP contribution in [-0.2, 0) is 0 Å². The van der Waals surface area contributed by atoms with Gasteiger partial charge in [-0.15, -0.1) is 0 Å². The molecule has 0 amide bonds. The van der Waals surface area contributed by atoms with Gasteiger partial charge in [-0.1, -0.05) is 0 Å². The molecule has 0 fully saturated rings. The number of methoxy groups -OCH3 is 1. The average Bonchev–Trinajstić information content (AvgIpc) is 1.85. The van der Waals surface area contributed by atoms with Crippen LogP contribution in [-0.4, -0.2) is 28.8 Å². The van der Waals surface area contributed by atoms with E-state index in [1.807, 2.05) is 21.7 Å². The van der Waals surface area contributed by atoms with Crippen molar-refractivity contribution in [1.82, 2.24) is 0 Å². The van der Waals surface area contributed by atoms with Crippen LogP contribution in [0.2, 0.25) is 0 Å². The molecule has 0 aliphatic heterocycles. The second kappa shape index (κ2) is 9.38. The standard InChI is InChI=1S/C9H11O.BrH.ClH.Li.Mg/c1-7-5-4-6-8(2)9(7)10-3;;;;/h5-6H,1-3H3;2*1H;;/q;;;2*+1/p-2. The van der Waals surface area contributed by atoms with Gasteiger partial charge in [-0.25, -0.2) is 0 Å². The maximum absolute atomic E-state index is 5.23. The maximum Gasteiger partial charge on any atom is 1.00 e. The summed E-state index contributed by atoms with van der Waals surface area (Å²) in [5.41, 5.74) is 2.44. The van der Waals surface area contributed by atoms with E-state index in [0.29, 0.717) is 0 Å². The molecule has 0 saturated carbocycles. The number of aryl methyl sites for hydroxylation is 2. The fraction of sp³-hybridized carbons (Fsp3) is 0.333. The van der Waals surface area contributed by atoms with Gasteiger partial charge in [-0.05, 0) is 0 Å². The van der Waals surface area contributed by atoms with Crippen LogP contribution in [0.5, 0.6) is 5.75 Å². The van der Waals surface area contributed by atoms with Crippen LogP contribution in [0.15, 0.2) is 12.1 Å². The van der Waals surface area contributed by atoms with Gasteiger partial charge in [-0.3, -0.25) is 0 Å². The Bertz CT molecular complexity index is 261. The predicted molar refractivity (Wildman–Crippen MR) is 47.9 cm³/mol. The van der Waals surface area contributed by atoms with Gasteiger partial charge in [0.2, 0.25) is 0 Å². The molecule has 0 saturated heterocycles. The molecule has 0 spiro atoms. The van der Waals surface area contributed by atoms with E-state index in [9.17, 15) is 0 Å². The van der Waals surface area contributed by atoms with Gasteiger partial charge in [0, 0.05) is 0 Å². The smallest absolute Gasteiger partial charge is 1.00 e. The Hall–Kier alpha value is 1.15. The van der Waals surface area contributed by atoms with E-state index >= 15 is 0 Å². The first-order valence-corrected chi connectivity index (χ1v) is 4.33. The zero-order valence-corrected chi connectivity index (χ0v) is 12.8. The molecule has 1 aromatic rings. The van der Waals surface area contributed by atoms with Crippen molar-refractivity contribution in [2.75, 3.05) is 7.11 Å². The fourth-order valence-electron chi connectivity index (χ4n) is 1.36. The van der Waals surface area contributed by atoms with E-state index in [0.717, 1.165) is 5.75 Å². The van der Waals surface area contributed by atoms with E-state index in [2.05, 4.69) is 26.0 Å². The quantitative estimate of drug-likeness (QED) is 0.465. The summed E-state index contributed by atoms with van der Waals surface area (Å²) in [6, 6.07) is 4.29. The summed E-state index contributed by atoms with van der Waals surface area (Å²) < 4.78 is 6.55. The Kier molecular flexibility index (Phi) is 13.8. The number of hydrogen-bond donors (Lipinski definition) is 0. The van der Waals surface area contributed by atoms with Gasteiger partial charge in [-0.2, -0.15) is 0 Å². The Morgan fingerprint density at radius 3 is 1.79 bits per heavy atom. The first-order valence-electron chi connectivity index (χ1n) is 3.62. The summed E-state index contributed by atoms with van der Waals surface area (Å²) in [7, 11) is 1.72. The van der Waals surface area contributed by atoms with Crippen molar-refractivity contribution in [2.24, 2.45) is 0 Å². The molecule has 1 aromatic carbocycles. The van der Waals surface area contributed by atoms with Crippen molar-refractivity contribution in [3.8, 4) is 5.75 Å². The molecule has 0 bridgehead atoms. The Labute approximate surface area is 127 Å². The van der Waals surface area contributed by atoms with Crippen LogP contribution in [0.1, 0.15) is 11.1 Å². The van der Waals surface area contributed by atoms with Crippen molar-refractivity contribution in [1.29, 1.82) is 0 Å². The molecule has 0 unspecified atom stereocenters. The molecule has 5 heteroatoms. The number of halogens is 2. The molecule has 0 radical (unpaired) electrons. The van der Waals surface area contributed by atoms with E-state index < -0.39 is 0 Å². The summed E-state index contributed by atoms with van der Waals surface area (Å²) >= 11 is 1.90. The van der Waals surface area contributed by atoms with Crippen molar-refractivity contribution in [3.05, 3.63) is 23.3 Å². The van der Waals surface area contributed by atoms with Gasteiger partial charge in [0.15, 0.2) is 0 Å². The van der Waals surface area contributed by atoms with E-state index in [1.165, 1.54) is 14.8 Å². The number of hydrogen-bond acceptors (Lipinski definition) is 1.